The van der Waals surface area contributed by atoms with E-state index < -0.39 is 0 Å². The second kappa shape index (κ2) is 9.57. The molecule has 5 rings (SSSR count). The molecule has 34 heavy (non-hydrogen) atoms. The lowest BCUT2D eigenvalue weighted by Crippen LogP contribution is -2.35. The Morgan fingerprint density at radius 1 is 0.882 bits per heavy atom. The van der Waals surface area contributed by atoms with Crippen molar-refractivity contribution in [3.05, 3.63) is 89.3 Å². The first-order valence-corrected chi connectivity index (χ1v) is 11.2. The zero-order chi connectivity index (χ0) is 23.5. The lowest BCUT2D eigenvalue weighted by atomic mass is 9.87. The van der Waals surface area contributed by atoms with E-state index in [2.05, 4.69) is 51.5 Å². The molecular weight excluding hydrogens is 430 g/mol. The number of hydrogen-bond donors (Lipinski definition) is 0. The molecule has 1 atom stereocenters. The van der Waals surface area contributed by atoms with Gasteiger partial charge in [-0.15, -0.1) is 10.2 Å². The molecule has 0 amide bonds. The summed E-state index contributed by atoms with van der Waals surface area (Å²) in [6.45, 7) is 1.39. The third kappa shape index (κ3) is 4.22. The molecule has 0 spiro atoms. The van der Waals surface area contributed by atoms with Crippen molar-refractivity contribution in [1.82, 2.24) is 15.1 Å². The van der Waals surface area contributed by atoms with Gasteiger partial charge in [0.2, 0.25) is 11.8 Å². The number of rotatable bonds is 7. The Hall–Kier alpha value is -3.84. The van der Waals surface area contributed by atoms with E-state index in [0.717, 1.165) is 35.8 Å². The first kappa shape index (κ1) is 22.0. The van der Waals surface area contributed by atoms with E-state index in [9.17, 15) is 0 Å². The summed E-state index contributed by atoms with van der Waals surface area (Å²) in [6, 6.07) is 22.3. The lowest BCUT2D eigenvalue weighted by molar-refractivity contribution is 0.185. The number of ether oxygens (including phenoxy) is 3. The average molecular weight is 458 g/mol. The first-order valence-electron chi connectivity index (χ1n) is 11.2. The highest BCUT2D eigenvalue weighted by Crippen LogP contribution is 2.41. The standard InChI is InChI=1S/C27H27N3O4/c1-31-21-11-9-19(10-12-21)27-29-28-25(34-27)17-30-14-13-20-15-23(32-2)24(33-3)16-22(20)26(30)18-7-5-4-6-8-18/h4-12,15-16,26H,13-14,17H2,1-3H3. The second-order valence-corrected chi connectivity index (χ2v) is 8.17. The van der Waals surface area contributed by atoms with Crippen molar-refractivity contribution in [1.29, 1.82) is 0 Å². The minimum atomic E-state index is 0.0288. The fourth-order valence-corrected chi connectivity index (χ4v) is 4.54. The Morgan fingerprint density at radius 2 is 1.62 bits per heavy atom. The van der Waals surface area contributed by atoms with Gasteiger partial charge in [-0.2, -0.15) is 0 Å². The normalized spacial score (nSPS) is 15.6. The highest BCUT2D eigenvalue weighted by Gasteiger charge is 2.31. The van der Waals surface area contributed by atoms with Gasteiger partial charge in [0, 0.05) is 12.1 Å². The summed E-state index contributed by atoms with van der Waals surface area (Å²) in [5.74, 6) is 3.34. The smallest absolute Gasteiger partial charge is 0.247 e. The van der Waals surface area contributed by atoms with Crippen LogP contribution in [0.25, 0.3) is 11.5 Å². The molecule has 0 radical (unpaired) electrons. The van der Waals surface area contributed by atoms with Crippen LogP contribution in [0.2, 0.25) is 0 Å². The Kier molecular flexibility index (Phi) is 6.18. The number of methoxy groups -OCH3 is 3. The molecule has 4 aromatic rings. The van der Waals surface area contributed by atoms with Crippen molar-refractivity contribution in [2.75, 3.05) is 27.9 Å². The van der Waals surface area contributed by atoms with Crippen LogP contribution in [0, 0.1) is 0 Å². The Bertz CT molecular complexity index is 1250. The largest absolute Gasteiger partial charge is 0.497 e. The highest BCUT2D eigenvalue weighted by molar-refractivity contribution is 5.54. The van der Waals surface area contributed by atoms with E-state index in [-0.39, 0.29) is 6.04 Å². The summed E-state index contributed by atoms with van der Waals surface area (Å²) < 4.78 is 22.4. The number of benzene rings is 3. The van der Waals surface area contributed by atoms with Gasteiger partial charge in [-0.25, -0.2) is 0 Å². The Labute approximate surface area is 198 Å². The molecule has 1 unspecified atom stereocenters. The predicted octanol–water partition coefficient (Wildman–Crippen LogP) is 4.91. The number of nitrogens with zero attached hydrogens (tertiary/aromatic N) is 3. The average Bonchev–Trinajstić information content (AvgIpc) is 3.36. The van der Waals surface area contributed by atoms with Gasteiger partial charge in [-0.05, 0) is 59.5 Å². The van der Waals surface area contributed by atoms with E-state index in [0.29, 0.717) is 18.3 Å². The van der Waals surface area contributed by atoms with Crippen LogP contribution in [-0.4, -0.2) is 43.0 Å². The summed E-state index contributed by atoms with van der Waals surface area (Å²) in [5.41, 5.74) is 4.52. The van der Waals surface area contributed by atoms with E-state index in [4.69, 9.17) is 18.6 Å². The number of fused-ring (bicyclic) bond motifs is 1. The van der Waals surface area contributed by atoms with Gasteiger partial charge < -0.3 is 18.6 Å². The number of hydrogen-bond acceptors (Lipinski definition) is 7. The molecular formula is C27H27N3O4. The van der Waals surface area contributed by atoms with Crippen LogP contribution in [0.15, 0.2) is 71.1 Å². The molecule has 174 valence electrons. The zero-order valence-corrected chi connectivity index (χ0v) is 19.5. The maximum atomic E-state index is 6.05. The lowest BCUT2D eigenvalue weighted by Gasteiger charge is -2.37. The maximum absolute atomic E-state index is 6.05. The third-order valence-corrected chi connectivity index (χ3v) is 6.23. The summed E-state index contributed by atoms with van der Waals surface area (Å²) in [6.07, 6.45) is 0.887. The Balaban J connectivity index is 1.47. The van der Waals surface area contributed by atoms with Gasteiger partial charge in [0.05, 0.1) is 33.9 Å². The Morgan fingerprint density at radius 3 is 2.32 bits per heavy atom. The zero-order valence-electron chi connectivity index (χ0n) is 19.5. The van der Waals surface area contributed by atoms with Gasteiger partial charge in [0.15, 0.2) is 11.5 Å². The quantitative estimate of drug-likeness (QED) is 0.391. The van der Waals surface area contributed by atoms with E-state index >= 15 is 0 Å². The molecule has 7 heteroatoms. The minimum absolute atomic E-state index is 0.0288. The van der Waals surface area contributed by atoms with Crippen LogP contribution in [0.1, 0.15) is 28.6 Å². The third-order valence-electron chi connectivity index (χ3n) is 6.23. The second-order valence-electron chi connectivity index (χ2n) is 8.17. The van der Waals surface area contributed by atoms with Crippen molar-refractivity contribution < 1.29 is 18.6 Å². The summed E-state index contributed by atoms with van der Waals surface area (Å²) >= 11 is 0. The molecule has 3 aromatic carbocycles. The van der Waals surface area contributed by atoms with Crippen LogP contribution in [0.3, 0.4) is 0 Å². The fraction of sp³-hybridized carbons (Fsp3) is 0.259. The van der Waals surface area contributed by atoms with Crippen molar-refractivity contribution >= 4 is 0 Å². The monoisotopic (exact) mass is 457 g/mol. The van der Waals surface area contributed by atoms with E-state index in [1.807, 2.05) is 30.3 Å². The van der Waals surface area contributed by atoms with E-state index in [1.165, 1.54) is 16.7 Å². The van der Waals surface area contributed by atoms with Gasteiger partial charge in [-0.1, -0.05) is 30.3 Å². The van der Waals surface area contributed by atoms with Crippen molar-refractivity contribution in [2.24, 2.45) is 0 Å². The molecule has 2 heterocycles. The molecule has 0 fully saturated rings. The molecule has 1 aliphatic heterocycles. The van der Waals surface area contributed by atoms with Gasteiger partial charge in [-0.3, -0.25) is 4.90 Å². The van der Waals surface area contributed by atoms with E-state index in [1.54, 1.807) is 21.3 Å². The van der Waals surface area contributed by atoms with Crippen molar-refractivity contribution in [3.8, 4) is 28.7 Å². The van der Waals surface area contributed by atoms with Crippen LogP contribution < -0.4 is 14.2 Å². The fourth-order valence-electron chi connectivity index (χ4n) is 4.54. The minimum Gasteiger partial charge on any atom is -0.497 e. The molecule has 0 aliphatic carbocycles. The molecule has 1 aliphatic rings. The summed E-state index contributed by atoms with van der Waals surface area (Å²) in [4.78, 5) is 2.37. The van der Waals surface area contributed by atoms with Gasteiger partial charge in [0.25, 0.3) is 0 Å². The van der Waals surface area contributed by atoms with Crippen LogP contribution in [-0.2, 0) is 13.0 Å². The van der Waals surface area contributed by atoms with Crippen LogP contribution in [0.5, 0.6) is 17.2 Å². The van der Waals surface area contributed by atoms with Gasteiger partial charge in [0.1, 0.15) is 5.75 Å². The summed E-state index contributed by atoms with van der Waals surface area (Å²) in [5, 5.41) is 8.62. The summed E-state index contributed by atoms with van der Waals surface area (Å²) in [7, 11) is 4.98. The number of aromatic nitrogens is 2. The molecule has 0 N–H and O–H groups in total. The molecule has 0 bridgehead atoms. The SMILES string of the molecule is COc1ccc(-c2nnc(CN3CCc4cc(OC)c(OC)cc4C3c3ccccc3)o2)cc1. The van der Waals surface area contributed by atoms with Gasteiger partial charge >= 0.3 is 0 Å². The van der Waals surface area contributed by atoms with Crippen LogP contribution >= 0.6 is 0 Å². The van der Waals surface area contributed by atoms with Crippen molar-refractivity contribution in [3.63, 3.8) is 0 Å². The van der Waals surface area contributed by atoms with Crippen molar-refractivity contribution in [2.45, 2.75) is 19.0 Å². The topological polar surface area (TPSA) is 69.9 Å². The molecule has 0 saturated heterocycles. The molecule has 7 nitrogen and oxygen atoms in total. The van der Waals surface area contributed by atoms with Crippen LogP contribution in [0.4, 0.5) is 0 Å². The molecule has 0 saturated carbocycles. The highest BCUT2D eigenvalue weighted by atomic mass is 16.5. The predicted molar refractivity (Wildman–Crippen MR) is 128 cm³/mol. The maximum Gasteiger partial charge on any atom is 0.247 e. The first-order chi connectivity index (χ1) is 16.7. The molecule has 1 aromatic heterocycles.